The summed E-state index contributed by atoms with van der Waals surface area (Å²) < 4.78 is 95.3. The van der Waals surface area contributed by atoms with E-state index in [-0.39, 0.29) is 0 Å². The Labute approximate surface area is 198 Å². The van der Waals surface area contributed by atoms with Crippen molar-refractivity contribution in [3.05, 3.63) is 63.9 Å². The Balaban J connectivity index is 1.68. The minimum absolute atomic E-state index is 0.305. The second-order valence-corrected chi connectivity index (χ2v) is 8.91. The van der Waals surface area contributed by atoms with Crippen LogP contribution in [0.1, 0.15) is 61.6 Å². The van der Waals surface area contributed by atoms with Crippen LogP contribution in [0, 0.1) is 11.7 Å². The monoisotopic (exact) mass is 508 g/mol. The lowest BCUT2D eigenvalue weighted by molar-refractivity contribution is -0.304. The van der Waals surface area contributed by atoms with E-state index in [0.717, 1.165) is 55.7 Å². The van der Waals surface area contributed by atoms with Crippen LogP contribution in [-0.4, -0.2) is 18.5 Å². The van der Waals surface area contributed by atoms with Crippen molar-refractivity contribution in [2.45, 2.75) is 63.4 Å². The van der Waals surface area contributed by atoms with E-state index < -0.39 is 35.0 Å². The van der Waals surface area contributed by atoms with Crippen LogP contribution in [0.15, 0.2) is 36.4 Å². The molecule has 9 heteroatoms. The first-order valence-corrected chi connectivity index (χ1v) is 11.3. The summed E-state index contributed by atoms with van der Waals surface area (Å²) >= 11 is 5.82. The summed E-state index contributed by atoms with van der Waals surface area (Å²) in [6, 6.07) is 8.34. The Bertz CT molecular complexity index is 1010. The van der Waals surface area contributed by atoms with Crippen LogP contribution in [0.3, 0.4) is 0 Å². The summed E-state index contributed by atoms with van der Waals surface area (Å²) in [5.74, 6) is -0.149. The van der Waals surface area contributed by atoms with E-state index >= 15 is 0 Å². The molecule has 1 saturated carbocycles. The lowest BCUT2D eigenvalue weighted by Crippen LogP contribution is -2.45. The highest BCUT2D eigenvalue weighted by molar-refractivity contribution is 6.32. The van der Waals surface area contributed by atoms with Crippen molar-refractivity contribution in [1.82, 2.24) is 0 Å². The van der Waals surface area contributed by atoms with Gasteiger partial charge in [0, 0.05) is 5.56 Å². The van der Waals surface area contributed by atoms with E-state index in [2.05, 4.69) is 11.7 Å². The fraction of sp³-hybridized carbons (Fsp3) is 0.440. The van der Waals surface area contributed by atoms with Gasteiger partial charge in [0.25, 0.3) is 6.17 Å². The molecule has 2 aromatic carbocycles. The average Bonchev–Trinajstić information content (AvgIpc) is 2.78. The highest BCUT2D eigenvalue weighted by Crippen LogP contribution is 2.39. The van der Waals surface area contributed by atoms with Gasteiger partial charge >= 0.3 is 12.3 Å². The molecule has 1 unspecified atom stereocenters. The van der Waals surface area contributed by atoms with Crippen molar-refractivity contribution in [3.8, 4) is 5.75 Å². The summed E-state index contributed by atoms with van der Waals surface area (Å²) in [6.45, 7) is 2.18. The molecule has 0 saturated heterocycles. The molecule has 0 spiro atoms. The van der Waals surface area contributed by atoms with E-state index in [4.69, 9.17) is 11.6 Å². The zero-order valence-electron chi connectivity index (χ0n) is 18.3. The molecule has 0 radical (unpaired) electrons. The smallest absolute Gasteiger partial charge is 0.429 e. The molecule has 2 aromatic rings. The van der Waals surface area contributed by atoms with Gasteiger partial charge < -0.3 is 4.74 Å². The van der Waals surface area contributed by atoms with Gasteiger partial charge in [-0.2, -0.15) is 22.0 Å². The maximum atomic E-state index is 14.6. The van der Waals surface area contributed by atoms with Crippen LogP contribution in [-0.2, 0) is 0 Å². The summed E-state index contributed by atoms with van der Waals surface area (Å²) in [5.41, 5.74) is 1.62. The van der Waals surface area contributed by atoms with Gasteiger partial charge in [0.15, 0.2) is 0 Å². The van der Waals surface area contributed by atoms with E-state index in [1.54, 1.807) is 6.07 Å². The Morgan fingerprint density at radius 2 is 1.68 bits per heavy atom. The van der Waals surface area contributed by atoms with E-state index in [1.165, 1.54) is 24.3 Å². The lowest BCUT2D eigenvalue weighted by Gasteiger charge is -2.28. The van der Waals surface area contributed by atoms with E-state index in [1.807, 2.05) is 6.07 Å². The number of alkyl halides is 6. The van der Waals surface area contributed by atoms with Crippen LogP contribution in [0.2, 0.25) is 5.02 Å². The molecule has 0 N–H and O–H groups in total. The molecule has 0 aliphatic heterocycles. The summed E-state index contributed by atoms with van der Waals surface area (Å²) in [4.78, 5) is 0. The van der Waals surface area contributed by atoms with Gasteiger partial charge in [0.05, 0.1) is 5.02 Å². The van der Waals surface area contributed by atoms with Gasteiger partial charge in [-0.25, -0.2) is 8.78 Å². The molecule has 1 atom stereocenters. The van der Waals surface area contributed by atoms with Crippen LogP contribution in [0.5, 0.6) is 5.75 Å². The van der Waals surface area contributed by atoms with Crippen molar-refractivity contribution < 1.29 is 35.5 Å². The molecule has 34 heavy (non-hydrogen) atoms. The van der Waals surface area contributed by atoms with Crippen molar-refractivity contribution >= 4 is 23.8 Å². The van der Waals surface area contributed by atoms with Crippen molar-refractivity contribution in [3.63, 3.8) is 0 Å². The van der Waals surface area contributed by atoms with Gasteiger partial charge in [-0.3, -0.25) is 0 Å². The molecule has 0 bridgehead atoms. The maximum absolute atomic E-state index is 14.6. The maximum Gasteiger partial charge on any atom is 0.439 e. The Morgan fingerprint density at radius 3 is 2.24 bits per heavy atom. The SMILES string of the molecule is CCC1CCC(c2ccc(/C=C/c3ccc(OC(F)(F)C(F)C(F)(F)F)c(Cl)c3)c(F)c2)CC1. The summed E-state index contributed by atoms with van der Waals surface area (Å²) in [5, 5.41) is -0.449. The molecule has 0 heterocycles. The predicted octanol–water partition coefficient (Wildman–Crippen LogP) is 9.21. The molecule has 0 aromatic heterocycles. The number of halogens is 8. The standard InChI is InChI=1S/C25H24ClF7O/c1-2-15-3-7-17(8-4-15)19-11-10-18(21(27)14-19)9-5-16-6-12-22(20(26)13-16)34-25(32,33)23(28)24(29,30)31/h5-6,9-15,17,23H,2-4,7-8H2,1H3/b9-5+. The second kappa shape index (κ2) is 10.6. The van der Waals surface area contributed by atoms with Crippen molar-refractivity contribution in [2.75, 3.05) is 0 Å². The van der Waals surface area contributed by atoms with Crippen LogP contribution in [0.25, 0.3) is 12.2 Å². The van der Waals surface area contributed by atoms with Crippen molar-refractivity contribution in [1.29, 1.82) is 0 Å². The minimum Gasteiger partial charge on any atom is -0.429 e. The third-order valence-electron chi connectivity index (χ3n) is 6.16. The first kappa shape index (κ1) is 26.4. The molecule has 186 valence electrons. The van der Waals surface area contributed by atoms with Crippen LogP contribution < -0.4 is 4.74 Å². The normalized spacial score (nSPS) is 20.5. The number of hydrogen-bond donors (Lipinski definition) is 0. The highest BCUT2D eigenvalue weighted by Gasteiger charge is 2.59. The predicted molar refractivity (Wildman–Crippen MR) is 118 cm³/mol. The molecule has 1 aliphatic rings. The summed E-state index contributed by atoms with van der Waals surface area (Å²) in [6.07, 6.45) is -7.03. The number of rotatable bonds is 7. The molecule has 1 fully saturated rings. The third-order valence-corrected chi connectivity index (χ3v) is 6.46. The second-order valence-electron chi connectivity index (χ2n) is 8.50. The molecular formula is C25H24ClF7O. The van der Waals surface area contributed by atoms with Gasteiger partial charge in [-0.15, -0.1) is 0 Å². The van der Waals surface area contributed by atoms with Gasteiger partial charge in [0.1, 0.15) is 11.6 Å². The van der Waals surface area contributed by atoms with Crippen LogP contribution >= 0.6 is 11.6 Å². The number of ether oxygens (including phenoxy) is 1. The first-order chi connectivity index (χ1) is 15.9. The fourth-order valence-corrected chi connectivity index (χ4v) is 4.34. The molecule has 1 aliphatic carbocycles. The average molecular weight is 509 g/mol. The first-order valence-electron chi connectivity index (χ1n) is 11.0. The third kappa shape index (κ3) is 6.46. The topological polar surface area (TPSA) is 9.23 Å². The highest BCUT2D eigenvalue weighted by atomic mass is 35.5. The quantitative estimate of drug-likeness (QED) is 0.267. The van der Waals surface area contributed by atoms with E-state index in [0.29, 0.717) is 17.0 Å². The molecular weight excluding hydrogens is 485 g/mol. The summed E-state index contributed by atoms with van der Waals surface area (Å²) in [7, 11) is 0. The molecule has 0 amide bonds. The Morgan fingerprint density at radius 1 is 1.00 bits per heavy atom. The van der Waals surface area contributed by atoms with Crippen molar-refractivity contribution in [2.24, 2.45) is 5.92 Å². The minimum atomic E-state index is -5.80. The Kier molecular flexibility index (Phi) is 8.22. The molecule has 1 nitrogen and oxygen atoms in total. The van der Waals surface area contributed by atoms with Gasteiger partial charge in [-0.05, 0) is 66.8 Å². The van der Waals surface area contributed by atoms with E-state index in [9.17, 15) is 30.7 Å². The fourth-order valence-electron chi connectivity index (χ4n) is 4.11. The zero-order chi connectivity index (χ0) is 25.1. The zero-order valence-corrected chi connectivity index (χ0v) is 19.1. The largest absolute Gasteiger partial charge is 0.439 e. The molecule has 3 rings (SSSR count). The lowest BCUT2D eigenvalue weighted by atomic mass is 9.78. The number of benzene rings is 2. The Hall–Kier alpha value is -2.22. The van der Waals surface area contributed by atoms with Gasteiger partial charge in [-0.1, -0.05) is 55.3 Å². The van der Waals surface area contributed by atoms with Crippen LogP contribution in [0.4, 0.5) is 30.7 Å². The van der Waals surface area contributed by atoms with Gasteiger partial charge in [0.2, 0.25) is 0 Å². The number of hydrogen-bond acceptors (Lipinski definition) is 1.